The van der Waals surface area contributed by atoms with Crippen LogP contribution in [0.4, 0.5) is 19.3 Å². The molecule has 0 aliphatic carbocycles. The Balaban J connectivity index is 1.70. The van der Waals surface area contributed by atoms with Crippen molar-refractivity contribution < 1.29 is 32.6 Å². The van der Waals surface area contributed by atoms with Crippen molar-refractivity contribution in [2.45, 2.75) is 83.9 Å². The van der Waals surface area contributed by atoms with Gasteiger partial charge in [-0.2, -0.15) is 0 Å². The van der Waals surface area contributed by atoms with Crippen molar-refractivity contribution in [1.82, 2.24) is 15.2 Å². The number of carbonyl (C=O) groups is 3. The highest BCUT2D eigenvalue weighted by atomic mass is 19.1. The van der Waals surface area contributed by atoms with Crippen molar-refractivity contribution in [1.29, 1.82) is 0 Å². The minimum Gasteiger partial charge on any atom is -0.481 e. The van der Waals surface area contributed by atoms with E-state index in [1.807, 2.05) is 13.8 Å². The van der Waals surface area contributed by atoms with Crippen LogP contribution in [-0.2, 0) is 32.6 Å². The van der Waals surface area contributed by atoms with E-state index in [0.29, 0.717) is 22.7 Å². The number of ether oxygens (including phenoxy) is 2. The second-order valence-corrected chi connectivity index (χ2v) is 14.0. The summed E-state index contributed by atoms with van der Waals surface area (Å²) in [5.74, 6) is 0.394. The Bertz CT molecular complexity index is 1840. The van der Waals surface area contributed by atoms with Crippen molar-refractivity contribution in [2.75, 3.05) is 25.1 Å². The Morgan fingerprint density at radius 1 is 1.10 bits per heavy atom. The van der Waals surface area contributed by atoms with Gasteiger partial charge in [-0.1, -0.05) is 44.9 Å². The van der Waals surface area contributed by atoms with Gasteiger partial charge in [0, 0.05) is 49.2 Å². The maximum Gasteiger partial charge on any atom is 0.410 e. The van der Waals surface area contributed by atoms with Crippen LogP contribution in [0.15, 0.2) is 53.3 Å². The van der Waals surface area contributed by atoms with Crippen LogP contribution in [0.5, 0.6) is 5.75 Å². The Morgan fingerprint density at radius 2 is 1.78 bits per heavy atom. The van der Waals surface area contributed by atoms with E-state index in [-0.39, 0.29) is 43.5 Å². The van der Waals surface area contributed by atoms with Crippen LogP contribution in [0.1, 0.15) is 70.3 Å². The van der Waals surface area contributed by atoms with Crippen LogP contribution in [-0.4, -0.2) is 65.7 Å². The van der Waals surface area contributed by atoms with Gasteiger partial charge in [0.05, 0.1) is 5.69 Å². The topological polar surface area (TPSA) is 121 Å². The molecule has 2 N–H and O–H groups in total. The minimum absolute atomic E-state index is 0.0792. The van der Waals surface area contributed by atoms with E-state index in [4.69, 9.17) is 15.9 Å². The molecule has 3 amide bonds. The van der Waals surface area contributed by atoms with E-state index in [1.54, 1.807) is 58.0 Å². The average Bonchev–Trinajstić information content (AvgIpc) is 3.29. The highest BCUT2D eigenvalue weighted by Crippen LogP contribution is 2.39. The van der Waals surface area contributed by atoms with E-state index in [1.165, 1.54) is 22.9 Å². The first kappa shape index (κ1) is 37.6. The van der Waals surface area contributed by atoms with Gasteiger partial charge >= 0.3 is 6.09 Å². The summed E-state index contributed by atoms with van der Waals surface area (Å²) < 4.78 is 39.1. The number of hydrogen-bond acceptors (Lipinski definition) is 6. The number of carbonyl (C=O) groups excluding carboxylic acids is 3. The molecular formula is C38H44F2N4O6. The van der Waals surface area contributed by atoms with Crippen LogP contribution in [0.2, 0.25) is 0 Å². The second-order valence-electron chi connectivity index (χ2n) is 14.0. The molecule has 4 rings (SSSR count). The number of nitrogens with zero attached hydrogens (tertiary/aromatic N) is 2. The summed E-state index contributed by atoms with van der Waals surface area (Å²) in [6, 6.07) is 9.58. The molecule has 12 heteroatoms. The molecule has 266 valence electrons. The van der Waals surface area contributed by atoms with Gasteiger partial charge in [0.2, 0.25) is 11.8 Å². The van der Waals surface area contributed by atoms with E-state index in [0.717, 1.165) is 12.1 Å². The average molecular weight is 691 g/mol. The van der Waals surface area contributed by atoms with Gasteiger partial charge in [-0.25, -0.2) is 13.6 Å². The third kappa shape index (κ3) is 8.88. The summed E-state index contributed by atoms with van der Waals surface area (Å²) in [5, 5.41) is 2.88. The molecule has 2 aromatic carbocycles. The summed E-state index contributed by atoms with van der Waals surface area (Å²) in [6.45, 7) is 10.9. The lowest BCUT2D eigenvalue weighted by Gasteiger charge is -2.31. The van der Waals surface area contributed by atoms with Crippen molar-refractivity contribution in [3.63, 3.8) is 0 Å². The number of fused-ring (bicyclic) bond motifs is 1. The van der Waals surface area contributed by atoms with Gasteiger partial charge in [-0.05, 0) is 62.6 Å². The number of H-pyrrole nitrogens is 1. The number of anilines is 1. The first-order valence-corrected chi connectivity index (χ1v) is 16.4. The third-order valence-electron chi connectivity index (χ3n) is 8.42. The molecule has 1 aliphatic heterocycles. The number of pyridine rings is 1. The standard InChI is InChI=1S/C38H44F2N4O6/c1-9-17-49-27-15-11-23(12-16-27)18-29(41-34(46)30(10-2)43(8)36(48)50-37(3,4)5)35(47)44-22-38(6,7)32-31(44)20-25(33(45)42-32)19-24-13-14-26(39)21-28(24)40/h1,11-16,20-21,29-30H,10,17-19,22H2,2-8H3,(H,41,46)(H,42,45)/t29-,30-/m0/s1. The molecule has 0 bridgehead atoms. The predicted octanol–water partition coefficient (Wildman–Crippen LogP) is 5.25. The molecule has 0 saturated carbocycles. The van der Waals surface area contributed by atoms with Gasteiger partial charge in [0.15, 0.2) is 0 Å². The number of rotatable bonds is 11. The fraction of sp³-hybridized carbons (Fsp3) is 0.421. The summed E-state index contributed by atoms with van der Waals surface area (Å²) in [6.07, 6.45) is 4.80. The summed E-state index contributed by atoms with van der Waals surface area (Å²) in [7, 11) is 1.47. The molecule has 1 aliphatic rings. The maximum absolute atomic E-state index is 14.6. The lowest BCUT2D eigenvalue weighted by Crippen LogP contribution is -2.56. The Hall–Kier alpha value is -5.18. The number of terminal acetylenes is 1. The lowest BCUT2D eigenvalue weighted by atomic mass is 9.91. The number of amides is 3. The van der Waals surface area contributed by atoms with Crippen LogP contribution in [0.25, 0.3) is 0 Å². The zero-order valence-electron chi connectivity index (χ0n) is 29.5. The highest BCUT2D eigenvalue weighted by Gasteiger charge is 2.42. The fourth-order valence-corrected chi connectivity index (χ4v) is 5.88. The number of halogens is 2. The van der Waals surface area contributed by atoms with E-state index < -0.39 is 58.2 Å². The first-order chi connectivity index (χ1) is 23.4. The molecular weight excluding hydrogens is 646 g/mol. The van der Waals surface area contributed by atoms with Crippen molar-refractivity contribution in [2.24, 2.45) is 0 Å². The van der Waals surface area contributed by atoms with E-state index in [2.05, 4.69) is 16.2 Å². The fourth-order valence-electron chi connectivity index (χ4n) is 5.88. The first-order valence-electron chi connectivity index (χ1n) is 16.4. The molecule has 0 radical (unpaired) electrons. The van der Waals surface area contributed by atoms with Gasteiger partial charge < -0.3 is 24.7 Å². The minimum atomic E-state index is -1.10. The maximum atomic E-state index is 14.6. The van der Waals surface area contributed by atoms with Gasteiger partial charge in [-0.3, -0.25) is 19.3 Å². The zero-order chi connectivity index (χ0) is 37.0. The molecule has 0 fully saturated rings. The molecule has 0 spiro atoms. The number of aromatic nitrogens is 1. The molecule has 2 atom stereocenters. The monoisotopic (exact) mass is 690 g/mol. The molecule has 0 saturated heterocycles. The number of benzene rings is 2. The van der Waals surface area contributed by atoms with Gasteiger partial charge in [0.1, 0.15) is 41.7 Å². The smallest absolute Gasteiger partial charge is 0.410 e. The van der Waals surface area contributed by atoms with E-state index in [9.17, 15) is 28.0 Å². The SMILES string of the molecule is C#CCOc1ccc(C[C@H](NC(=O)[C@H](CC)N(C)C(=O)OC(C)(C)C)C(=O)N2CC(C)(C)c3[nH]c(=O)c(Cc4ccc(F)cc4F)cc32)cc1. The molecule has 50 heavy (non-hydrogen) atoms. The number of aromatic amines is 1. The summed E-state index contributed by atoms with van der Waals surface area (Å²) in [4.78, 5) is 60.0. The number of likely N-dealkylation sites (N-methyl/N-ethyl adjacent to an activating group) is 1. The lowest BCUT2D eigenvalue weighted by molar-refractivity contribution is -0.130. The second kappa shape index (κ2) is 15.2. The Labute approximate surface area is 291 Å². The zero-order valence-corrected chi connectivity index (χ0v) is 29.5. The van der Waals surface area contributed by atoms with Crippen molar-refractivity contribution in [3.05, 3.63) is 92.9 Å². The molecule has 10 nitrogen and oxygen atoms in total. The van der Waals surface area contributed by atoms with Gasteiger partial charge in [0.25, 0.3) is 5.56 Å². The van der Waals surface area contributed by atoms with Crippen molar-refractivity contribution in [3.8, 4) is 18.1 Å². The van der Waals surface area contributed by atoms with Gasteiger partial charge in [-0.15, -0.1) is 6.42 Å². The largest absolute Gasteiger partial charge is 0.481 e. The Morgan fingerprint density at radius 3 is 2.38 bits per heavy atom. The molecule has 3 aromatic rings. The quantitative estimate of drug-likeness (QED) is 0.265. The Kier molecular flexibility index (Phi) is 11.4. The summed E-state index contributed by atoms with van der Waals surface area (Å²) >= 11 is 0. The molecule has 1 aromatic heterocycles. The van der Waals surface area contributed by atoms with E-state index >= 15 is 0 Å². The van der Waals surface area contributed by atoms with Crippen LogP contribution >= 0.6 is 0 Å². The van der Waals surface area contributed by atoms with Crippen molar-refractivity contribution >= 4 is 23.6 Å². The molecule has 0 unspecified atom stereocenters. The number of nitrogens with one attached hydrogen (secondary N) is 2. The highest BCUT2D eigenvalue weighted by molar-refractivity contribution is 6.02. The van der Waals surface area contributed by atoms with Crippen LogP contribution < -0.4 is 20.5 Å². The third-order valence-corrected chi connectivity index (χ3v) is 8.42. The van der Waals surface area contributed by atoms with Crippen LogP contribution in [0.3, 0.4) is 0 Å². The number of hydrogen-bond donors (Lipinski definition) is 2. The molecule has 2 heterocycles. The summed E-state index contributed by atoms with van der Waals surface area (Å²) in [5.41, 5.74) is -0.00247. The van der Waals surface area contributed by atoms with Crippen LogP contribution in [0, 0.1) is 24.0 Å². The normalized spacial score (nSPS) is 14.6. The predicted molar refractivity (Wildman–Crippen MR) is 186 cm³/mol.